The van der Waals surface area contributed by atoms with Gasteiger partial charge in [-0.2, -0.15) is 0 Å². The van der Waals surface area contributed by atoms with Crippen molar-refractivity contribution in [2.75, 3.05) is 26.1 Å². The molecular formula is C14H18N2O3. The van der Waals surface area contributed by atoms with Gasteiger partial charge in [-0.15, -0.1) is 0 Å². The summed E-state index contributed by atoms with van der Waals surface area (Å²) < 4.78 is 15.7. The van der Waals surface area contributed by atoms with Crippen LogP contribution in [-0.4, -0.2) is 25.5 Å². The van der Waals surface area contributed by atoms with Gasteiger partial charge in [-0.05, 0) is 24.6 Å². The summed E-state index contributed by atoms with van der Waals surface area (Å²) in [6.07, 6.45) is 0.652. The first kappa shape index (κ1) is 13.4. The molecule has 0 amide bonds. The van der Waals surface area contributed by atoms with E-state index < -0.39 is 0 Å². The Hall–Kier alpha value is -2.01. The second-order valence-corrected chi connectivity index (χ2v) is 4.04. The molecule has 2 aromatic rings. The molecule has 0 fully saturated rings. The van der Waals surface area contributed by atoms with Gasteiger partial charge in [0, 0.05) is 13.0 Å². The number of benzene rings is 1. The molecule has 0 saturated heterocycles. The summed E-state index contributed by atoms with van der Waals surface area (Å²) >= 11 is 0. The minimum Gasteiger partial charge on any atom is -0.497 e. The number of ether oxygens (including phenoxy) is 2. The molecule has 0 unspecified atom stereocenters. The van der Waals surface area contributed by atoms with E-state index in [-0.39, 0.29) is 0 Å². The van der Waals surface area contributed by atoms with Crippen LogP contribution in [0.5, 0.6) is 5.75 Å². The molecule has 1 aromatic heterocycles. The zero-order chi connectivity index (χ0) is 13.7. The Balaban J connectivity index is 2.24. The lowest BCUT2D eigenvalue weighted by atomic mass is 10.0. The van der Waals surface area contributed by atoms with E-state index >= 15 is 0 Å². The SMILES string of the molecule is CCOCCc1onc(N)c1-c1ccc(OC)cc1. The maximum Gasteiger partial charge on any atom is 0.175 e. The predicted molar refractivity (Wildman–Crippen MR) is 73.1 cm³/mol. The number of aromatic nitrogens is 1. The highest BCUT2D eigenvalue weighted by Gasteiger charge is 2.15. The van der Waals surface area contributed by atoms with Gasteiger partial charge in [0.25, 0.3) is 0 Å². The van der Waals surface area contributed by atoms with Crippen molar-refractivity contribution in [3.63, 3.8) is 0 Å². The monoisotopic (exact) mass is 262 g/mol. The number of hydrogen-bond acceptors (Lipinski definition) is 5. The molecule has 2 rings (SSSR count). The second kappa shape index (κ2) is 6.24. The van der Waals surface area contributed by atoms with Gasteiger partial charge < -0.3 is 19.7 Å². The largest absolute Gasteiger partial charge is 0.497 e. The molecule has 0 aliphatic heterocycles. The number of nitrogen functional groups attached to an aromatic ring is 1. The second-order valence-electron chi connectivity index (χ2n) is 4.04. The van der Waals surface area contributed by atoms with Crippen LogP contribution in [-0.2, 0) is 11.2 Å². The zero-order valence-electron chi connectivity index (χ0n) is 11.2. The Morgan fingerprint density at radius 3 is 2.63 bits per heavy atom. The van der Waals surface area contributed by atoms with Crippen LogP contribution >= 0.6 is 0 Å². The van der Waals surface area contributed by atoms with E-state index in [1.54, 1.807) is 7.11 Å². The van der Waals surface area contributed by atoms with Gasteiger partial charge in [0.15, 0.2) is 5.82 Å². The first-order chi connectivity index (χ1) is 9.26. The summed E-state index contributed by atoms with van der Waals surface area (Å²) in [5, 5.41) is 3.83. The maximum absolute atomic E-state index is 5.87. The molecule has 0 atom stereocenters. The van der Waals surface area contributed by atoms with Crippen molar-refractivity contribution in [3.05, 3.63) is 30.0 Å². The van der Waals surface area contributed by atoms with Crippen molar-refractivity contribution in [1.29, 1.82) is 0 Å². The third-order valence-corrected chi connectivity index (χ3v) is 2.85. The van der Waals surface area contributed by atoms with E-state index in [0.717, 1.165) is 22.6 Å². The van der Waals surface area contributed by atoms with Crippen LogP contribution in [0, 0.1) is 0 Å². The molecule has 0 bridgehead atoms. The number of rotatable bonds is 6. The summed E-state index contributed by atoms with van der Waals surface area (Å²) in [6.45, 7) is 3.23. The molecular weight excluding hydrogens is 244 g/mol. The molecule has 0 aliphatic rings. The Labute approximate surface area is 112 Å². The minimum absolute atomic E-state index is 0.400. The Morgan fingerprint density at radius 1 is 1.26 bits per heavy atom. The Kier molecular flexibility index (Phi) is 4.41. The van der Waals surface area contributed by atoms with Crippen LogP contribution < -0.4 is 10.5 Å². The topological polar surface area (TPSA) is 70.5 Å². The quantitative estimate of drug-likeness (QED) is 0.810. The van der Waals surface area contributed by atoms with Gasteiger partial charge in [0.1, 0.15) is 11.5 Å². The molecule has 1 heterocycles. The number of nitrogens with zero attached hydrogens (tertiary/aromatic N) is 1. The fourth-order valence-electron chi connectivity index (χ4n) is 1.88. The highest BCUT2D eigenvalue weighted by molar-refractivity contribution is 5.75. The molecule has 1 aromatic carbocycles. The van der Waals surface area contributed by atoms with E-state index in [1.807, 2.05) is 31.2 Å². The first-order valence-corrected chi connectivity index (χ1v) is 6.22. The first-order valence-electron chi connectivity index (χ1n) is 6.22. The van der Waals surface area contributed by atoms with Crippen LogP contribution in [0.15, 0.2) is 28.8 Å². The smallest absolute Gasteiger partial charge is 0.175 e. The van der Waals surface area contributed by atoms with Crippen molar-refractivity contribution in [2.24, 2.45) is 0 Å². The number of anilines is 1. The van der Waals surface area contributed by atoms with Crippen molar-refractivity contribution in [2.45, 2.75) is 13.3 Å². The molecule has 0 aliphatic carbocycles. The molecule has 19 heavy (non-hydrogen) atoms. The van der Waals surface area contributed by atoms with E-state index in [4.69, 9.17) is 19.7 Å². The average Bonchev–Trinajstić information content (AvgIpc) is 2.80. The third kappa shape index (κ3) is 3.06. The van der Waals surface area contributed by atoms with E-state index in [2.05, 4.69) is 5.16 Å². The van der Waals surface area contributed by atoms with Crippen LogP contribution in [0.25, 0.3) is 11.1 Å². The molecule has 0 spiro atoms. The molecule has 5 heteroatoms. The average molecular weight is 262 g/mol. The summed E-state index contributed by atoms with van der Waals surface area (Å²) in [4.78, 5) is 0. The van der Waals surface area contributed by atoms with Crippen LogP contribution in [0.4, 0.5) is 5.82 Å². The lowest BCUT2D eigenvalue weighted by Gasteiger charge is -2.04. The molecule has 5 nitrogen and oxygen atoms in total. The highest BCUT2D eigenvalue weighted by Crippen LogP contribution is 2.31. The van der Waals surface area contributed by atoms with Crippen molar-refractivity contribution in [3.8, 4) is 16.9 Å². The summed E-state index contributed by atoms with van der Waals surface area (Å²) in [5.41, 5.74) is 7.67. The van der Waals surface area contributed by atoms with Gasteiger partial charge in [-0.3, -0.25) is 0 Å². The maximum atomic E-state index is 5.87. The van der Waals surface area contributed by atoms with Gasteiger partial charge in [-0.25, -0.2) is 0 Å². The van der Waals surface area contributed by atoms with Crippen molar-refractivity contribution >= 4 is 5.82 Å². The lowest BCUT2D eigenvalue weighted by Crippen LogP contribution is -1.98. The van der Waals surface area contributed by atoms with Gasteiger partial charge in [0.2, 0.25) is 0 Å². The summed E-state index contributed by atoms with van der Waals surface area (Å²) in [6, 6.07) is 7.64. The van der Waals surface area contributed by atoms with Crippen LogP contribution in [0.1, 0.15) is 12.7 Å². The zero-order valence-corrected chi connectivity index (χ0v) is 11.2. The minimum atomic E-state index is 0.400. The molecule has 102 valence electrons. The summed E-state index contributed by atoms with van der Waals surface area (Å²) in [7, 11) is 1.64. The normalized spacial score (nSPS) is 10.6. The van der Waals surface area contributed by atoms with Gasteiger partial charge in [-0.1, -0.05) is 17.3 Å². The molecule has 0 saturated carbocycles. The lowest BCUT2D eigenvalue weighted by molar-refractivity contribution is 0.145. The number of nitrogens with two attached hydrogens (primary N) is 1. The fraction of sp³-hybridized carbons (Fsp3) is 0.357. The van der Waals surface area contributed by atoms with E-state index in [9.17, 15) is 0 Å². The van der Waals surface area contributed by atoms with Crippen molar-refractivity contribution < 1.29 is 14.0 Å². The molecule has 2 N–H and O–H groups in total. The van der Waals surface area contributed by atoms with Gasteiger partial charge >= 0.3 is 0 Å². The standard InChI is InChI=1S/C14H18N2O3/c1-3-18-9-8-12-13(14(15)16-19-12)10-4-6-11(17-2)7-5-10/h4-7H,3,8-9H2,1-2H3,(H2,15,16). The predicted octanol–water partition coefficient (Wildman–Crippen LogP) is 2.51. The molecule has 0 radical (unpaired) electrons. The van der Waals surface area contributed by atoms with E-state index in [1.165, 1.54) is 0 Å². The van der Waals surface area contributed by atoms with E-state index in [0.29, 0.717) is 25.5 Å². The third-order valence-electron chi connectivity index (χ3n) is 2.85. The van der Waals surface area contributed by atoms with Crippen molar-refractivity contribution in [1.82, 2.24) is 5.16 Å². The fourth-order valence-corrected chi connectivity index (χ4v) is 1.88. The van der Waals surface area contributed by atoms with Crippen LogP contribution in [0.3, 0.4) is 0 Å². The van der Waals surface area contributed by atoms with Crippen LogP contribution in [0.2, 0.25) is 0 Å². The Morgan fingerprint density at radius 2 is 2.00 bits per heavy atom. The van der Waals surface area contributed by atoms with Gasteiger partial charge in [0.05, 0.1) is 19.3 Å². The highest BCUT2D eigenvalue weighted by atomic mass is 16.5. The number of methoxy groups -OCH3 is 1. The Bertz CT molecular complexity index is 520. The number of hydrogen-bond donors (Lipinski definition) is 1. The summed E-state index contributed by atoms with van der Waals surface area (Å²) in [5.74, 6) is 1.95.